The molecule has 1 aliphatic rings. The van der Waals surface area contributed by atoms with Gasteiger partial charge in [0.1, 0.15) is 5.75 Å². The molecule has 18 heavy (non-hydrogen) atoms. The normalized spacial score (nSPS) is 20.3. The second-order valence-electron chi connectivity index (χ2n) is 4.65. The molecule has 2 atom stereocenters. The maximum absolute atomic E-state index is 12.0. The Morgan fingerprint density at radius 3 is 2.78 bits per heavy atom. The summed E-state index contributed by atoms with van der Waals surface area (Å²) in [7, 11) is 1.79. The Kier molecular flexibility index (Phi) is 3.57. The second kappa shape index (κ2) is 4.98. The topological polar surface area (TPSA) is 55.6 Å². The van der Waals surface area contributed by atoms with Crippen molar-refractivity contribution in [3.8, 4) is 5.75 Å². The minimum absolute atomic E-state index is 0.00250. The summed E-state index contributed by atoms with van der Waals surface area (Å²) in [5.74, 6) is 0.767. The van der Waals surface area contributed by atoms with Crippen molar-refractivity contribution in [1.82, 2.24) is 0 Å². The highest BCUT2D eigenvalue weighted by Crippen LogP contribution is 2.35. The number of anilines is 1. The van der Waals surface area contributed by atoms with Gasteiger partial charge in [-0.3, -0.25) is 4.79 Å². The van der Waals surface area contributed by atoms with Crippen molar-refractivity contribution in [1.29, 1.82) is 0 Å². The number of ether oxygens (including phenoxy) is 1. The number of fused-ring (bicyclic) bond motifs is 1. The highest BCUT2D eigenvalue weighted by Gasteiger charge is 2.31. The van der Waals surface area contributed by atoms with Crippen LogP contribution in [-0.4, -0.2) is 19.1 Å². The van der Waals surface area contributed by atoms with Gasteiger partial charge in [0, 0.05) is 13.1 Å². The zero-order valence-electron chi connectivity index (χ0n) is 11.1. The summed E-state index contributed by atoms with van der Waals surface area (Å²) in [6, 6.07) is 5.84. The van der Waals surface area contributed by atoms with Crippen LogP contribution in [0.3, 0.4) is 0 Å². The fraction of sp³-hybridized carbons (Fsp3) is 0.500. The van der Waals surface area contributed by atoms with Crippen LogP contribution in [-0.2, 0) is 4.79 Å². The Morgan fingerprint density at radius 2 is 2.17 bits per heavy atom. The molecular formula is C14H20N2O2. The molecule has 4 heteroatoms. The molecule has 0 spiro atoms. The molecule has 1 heterocycles. The number of rotatable bonds is 3. The molecule has 0 saturated carbocycles. The molecule has 0 bridgehead atoms. The van der Waals surface area contributed by atoms with Crippen molar-refractivity contribution in [2.45, 2.75) is 38.8 Å². The van der Waals surface area contributed by atoms with Gasteiger partial charge in [-0.05, 0) is 30.5 Å². The van der Waals surface area contributed by atoms with Crippen LogP contribution in [0.2, 0.25) is 0 Å². The Balaban J connectivity index is 2.39. The van der Waals surface area contributed by atoms with Crippen LogP contribution in [0.4, 0.5) is 5.69 Å². The summed E-state index contributed by atoms with van der Waals surface area (Å²) >= 11 is 0. The molecular weight excluding hydrogens is 228 g/mol. The monoisotopic (exact) mass is 248 g/mol. The van der Waals surface area contributed by atoms with Gasteiger partial charge in [0.05, 0.1) is 5.69 Å². The van der Waals surface area contributed by atoms with Gasteiger partial charge >= 0.3 is 0 Å². The van der Waals surface area contributed by atoms with Crippen LogP contribution in [0, 0.1) is 0 Å². The van der Waals surface area contributed by atoms with E-state index < -0.39 is 0 Å². The second-order valence-corrected chi connectivity index (χ2v) is 4.65. The molecule has 2 unspecified atom stereocenters. The molecule has 98 valence electrons. The quantitative estimate of drug-likeness (QED) is 0.892. The van der Waals surface area contributed by atoms with Gasteiger partial charge in [0.25, 0.3) is 5.91 Å². The third-order valence-corrected chi connectivity index (χ3v) is 3.46. The third kappa shape index (κ3) is 2.08. The van der Waals surface area contributed by atoms with Gasteiger partial charge in [-0.15, -0.1) is 0 Å². The molecule has 0 fully saturated rings. The van der Waals surface area contributed by atoms with Crippen molar-refractivity contribution in [2.75, 3.05) is 11.9 Å². The fourth-order valence-corrected chi connectivity index (χ4v) is 2.16. The number of nitrogens with two attached hydrogens (primary N) is 1. The fourth-order valence-electron chi connectivity index (χ4n) is 2.16. The van der Waals surface area contributed by atoms with Gasteiger partial charge in [-0.25, -0.2) is 0 Å². The van der Waals surface area contributed by atoms with Crippen LogP contribution in [0.1, 0.15) is 38.3 Å². The van der Waals surface area contributed by atoms with Crippen LogP contribution < -0.4 is 15.4 Å². The lowest BCUT2D eigenvalue weighted by Gasteiger charge is -2.32. The summed E-state index contributed by atoms with van der Waals surface area (Å²) in [4.78, 5) is 13.7. The summed E-state index contributed by atoms with van der Waals surface area (Å²) in [6.45, 7) is 3.99. The number of benzene rings is 1. The Hall–Kier alpha value is -1.55. The van der Waals surface area contributed by atoms with E-state index in [4.69, 9.17) is 10.5 Å². The molecule has 4 nitrogen and oxygen atoms in total. The van der Waals surface area contributed by atoms with E-state index in [1.165, 1.54) is 0 Å². The molecule has 2 N–H and O–H groups in total. The van der Waals surface area contributed by atoms with Gasteiger partial charge in [0.15, 0.2) is 6.10 Å². The van der Waals surface area contributed by atoms with E-state index in [-0.39, 0.29) is 18.1 Å². The lowest BCUT2D eigenvalue weighted by Crippen LogP contribution is -2.43. The van der Waals surface area contributed by atoms with Crippen LogP contribution in [0.25, 0.3) is 0 Å². The van der Waals surface area contributed by atoms with Crippen LogP contribution in [0.5, 0.6) is 5.75 Å². The summed E-state index contributed by atoms with van der Waals surface area (Å²) in [5.41, 5.74) is 7.86. The average molecular weight is 248 g/mol. The smallest absolute Gasteiger partial charge is 0.267 e. The SMILES string of the molecule is CCC1Oc2ccc(C(N)CC)cc2N(C)C1=O. The Labute approximate surface area is 108 Å². The number of nitrogens with zero attached hydrogens (tertiary/aromatic N) is 1. The maximum Gasteiger partial charge on any atom is 0.267 e. The largest absolute Gasteiger partial charge is 0.478 e. The zero-order valence-corrected chi connectivity index (χ0v) is 11.1. The Morgan fingerprint density at radius 1 is 1.44 bits per heavy atom. The zero-order chi connectivity index (χ0) is 13.3. The number of hydrogen-bond acceptors (Lipinski definition) is 3. The van der Waals surface area contributed by atoms with E-state index >= 15 is 0 Å². The Bertz CT molecular complexity index is 459. The van der Waals surface area contributed by atoms with Crippen molar-refractivity contribution in [3.05, 3.63) is 23.8 Å². The lowest BCUT2D eigenvalue weighted by atomic mass is 10.0. The van der Waals surface area contributed by atoms with E-state index in [0.29, 0.717) is 6.42 Å². The minimum atomic E-state index is -0.367. The number of likely N-dealkylation sites (N-methyl/N-ethyl adjacent to an activating group) is 1. The van der Waals surface area contributed by atoms with E-state index in [0.717, 1.165) is 23.4 Å². The summed E-state index contributed by atoms with van der Waals surface area (Å²) < 4.78 is 5.70. The molecule has 1 aliphatic heterocycles. The van der Waals surface area contributed by atoms with Crippen molar-refractivity contribution >= 4 is 11.6 Å². The predicted octanol–water partition coefficient (Wildman–Crippen LogP) is 2.23. The van der Waals surface area contributed by atoms with E-state index in [9.17, 15) is 4.79 Å². The minimum Gasteiger partial charge on any atom is -0.478 e. The van der Waals surface area contributed by atoms with Crippen molar-refractivity contribution in [3.63, 3.8) is 0 Å². The number of hydrogen-bond donors (Lipinski definition) is 1. The molecule has 0 saturated heterocycles. The number of carbonyl (C=O) groups excluding carboxylic acids is 1. The van der Waals surface area contributed by atoms with Crippen molar-refractivity contribution < 1.29 is 9.53 Å². The molecule has 1 amide bonds. The van der Waals surface area contributed by atoms with E-state index in [2.05, 4.69) is 0 Å². The molecule has 0 aromatic heterocycles. The summed E-state index contributed by atoms with van der Waals surface area (Å²) in [5, 5.41) is 0. The van der Waals surface area contributed by atoms with Crippen LogP contribution >= 0.6 is 0 Å². The standard InChI is InChI=1S/C14H20N2O2/c1-4-10(15)9-6-7-13-11(8-9)16(3)14(17)12(5-2)18-13/h6-8,10,12H,4-5,15H2,1-3H3. The molecule has 1 aromatic carbocycles. The first-order valence-corrected chi connectivity index (χ1v) is 6.42. The van der Waals surface area contributed by atoms with Gasteiger partial charge in [-0.1, -0.05) is 19.9 Å². The third-order valence-electron chi connectivity index (χ3n) is 3.46. The predicted molar refractivity (Wildman–Crippen MR) is 71.8 cm³/mol. The maximum atomic E-state index is 12.0. The van der Waals surface area contributed by atoms with Gasteiger partial charge in [-0.2, -0.15) is 0 Å². The first kappa shape index (κ1) is 12.9. The van der Waals surface area contributed by atoms with E-state index in [1.807, 2.05) is 32.0 Å². The summed E-state index contributed by atoms with van der Waals surface area (Å²) in [6.07, 6.45) is 1.18. The highest BCUT2D eigenvalue weighted by molar-refractivity contribution is 5.99. The molecule has 0 aliphatic carbocycles. The van der Waals surface area contributed by atoms with Gasteiger partial charge < -0.3 is 15.4 Å². The van der Waals surface area contributed by atoms with Crippen molar-refractivity contribution in [2.24, 2.45) is 5.73 Å². The first-order chi connectivity index (χ1) is 8.58. The molecule has 1 aromatic rings. The van der Waals surface area contributed by atoms with Crippen LogP contribution in [0.15, 0.2) is 18.2 Å². The number of amides is 1. The first-order valence-electron chi connectivity index (χ1n) is 6.42. The highest BCUT2D eigenvalue weighted by atomic mass is 16.5. The number of carbonyl (C=O) groups is 1. The average Bonchev–Trinajstić information content (AvgIpc) is 2.41. The molecule has 2 rings (SSSR count). The molecule has 0 radical (unpaired) electrons. The van der Waals surface area contributed by atoms with Gasteiger partial charge in [0.2, 0.25) is 0 Å². The lowest BCUT2D eigenvalue weighted by molar-refractivity contribution is -0.126. The van der Waals surface area contributed by atoms with E-state index in [1.54, 1.807) is 11.9 Å².